The fourth-order valence-corrected chi connectivity index (χ4v) is 3.89. The molecule has 98 valence electrons. The van der Waals surface area contributed by atoms with Crippen molar-refractivity contribution in [3.05, 3.63) is 24.5 Å². The average Bonchev–Trinajstić information content (AvgIpc) is 2.82. The monoisotopic (exact) mass is 269 g/mol. The van der Waals surface area contributed by atoms with Gasteiger partial charge in [0, 0.05) is 31.0 Å². The maximum Gasteiger partial charge on any atom is 0.242 e. The molecule has 2 heterocycles. The van der Waals surface area contributed by atoms with Gasteiger partial charge in [0.15, 0.2) is 0 Å². The zero-order chi connectivity index (χ0) is 12.8. The van der Waals surface area contributed by atoms with Crippen LogP contribution in [0.2, 0.25) is 0 Å². The summed E-state index contributed by atoms with van der Waals surface area (Å²) in [5, 5.41) is 0. The third kappa shape index (κ3) is 1.83. The normalized spacial score (nSPS) is 34.9. The molecule has 3 N–H and O–H groups in total. The molecule has 1 aliphatic carbocycles. The lowest BCUT2D eigenvalue weighted by Gasteiger charge is -2.45. The fourth-order valence-electron chi connectivity index (χ4n) is 2.65. The number of nitrogens with two attached hydrogens (primary N) is 1. The Morgan fingerprint density at radius 3 is 3.06 bits per heavy atom. The number of hydrogen-bond donors (Lipinski definition) is 2. The minimum Gasteiger partial charge on any atom is -0.376 e. The maximum atomic E-state index is 12.1. The predicted octanol–water partition coefficient (Wildman–Crippen LogP) is -0.525. The Hall–Kier alpha value is -1.02. The summed E-state index contributed by atoms with van der Waals surface area (Å²) in [6.45, 7) is 0.661. The molecule has 1 aliphatic heterocycles. The standard InChI is InChI=1S/C11H15N3O3S/c12-9-8-3-5-17-11(8)10(9)14-18(15,16)7-2-1-4-13-6-7/h1-2,4,6,8-11,14H,3,5,12H2. The van der Waals surface area contributed by atoms with Crippen molar-refractivity contribution in [2.24, 2.45) is 11.7 Å². The lowest BCUT2D eigenvalue weighted by molar-refractivity contribution is -0.00924. The number of nitrogens with one attached hydrogen (secondary N) is 1. The van der Waals surface area contributed by atoms with Gasteiger partial charge < -0.3 is 10.5 Å². The van der Waals surface area contributed by atoms with Gasteiger partial charge in [-0.3, -0.25) is 4.98 Å². The van der Waals surface area contributed by atoms with Crippen LogP contribution in [-0.2, 0) is 14.8 Å². The molecule has 0 radical (unpaired) electrons. The first kappa shape index (κ1) is 12.0. The van der Waals surface area contributed by atoms with E-state index in [1.165, 1.54) is 18.5 Å². The number of rotatable bonds is 3. The quantitative estimate of drug-likeness (QED) is 0.769. The minimum absolute atomic E-state index is 0.0774. The zero-order valence-corrected chi connectivity index (χ0v) is 10.5. The highest BCUT2D eigenvalue weighted by molar-refractivity contribution is 7.89. The Kier molecular flexibility index (Phi) is 2.86. The van der Waals surface area contributed by atoms with E-state index in [9.17, 15) is 8.42 Å². The molecule has 3 rings (SSSR count). The number of fused-ring (bicyclic) bond motifs is 1. The molecule has 2 aliphatic rings. The van der Waals surface area contributed by atoms with E-state index in [4.69, 9.17) is 10.5 Å². The van der Waals surface area contributed by atoms with E-state index in [0.717, 1.165) is 6.42 Å². The highest BCUT2D eigenvalue weighted by atomic mass is 32.2. The molecule has 1 saturated carbocycles. The molecule has 1 saturated heterocycles. The Bertz CT molecular complexity index is 534. The van der Waals surface area contributed by atoms with Crippen LogP contribution in [0.1, 0.15) is 6.42 Å². The molecular formula is C11H15N3O3S. The van der Waals surface area contributed by atoms with Gasteiger partial charge in [0.2, 0.25) is 10.0 Å². The van der Waals surface area contributed by atoms with E-state index in [-0.39, 0.29) is 29.0 Å². The molecule has 0 spiro atoms. The van der Waals surface area contributed by atoms with Crippen molar-refractivity contribution in [1.29, 1.82) is 0 Å². The summed E-state index contributed by atoms with van der Waals surface area (Å²) in [5.41, 5.74) is 5.97. The summed E-state index contributed by atoms with van der Waals surface area (Å²) >= 11 is 0. The predicted molar refractivity (Wildman–Crippen MR) is 64.2 cm³/mol. The molecule has 2 fully saturated rings. The van der Waals surface area contributed by atoms with Gasteiger partial charge in [0.25, 0.3) is 0 Å². The van der Waals surface area contributed by atoms with Crippen LogP contribution in [0.3, 0.4) is 0 Å². The molecule has 1 aromatic heterocycles. The van der Waals surface area contributed by atoms with Gasteiger partial charge in [-0.15, -0.1) is 0 Å². The highest BCUT2D eigenvalue weighted by Gasteiger charge is 2.53. The third-order valence-corrected chi connectivity index (χ3v) is 5.13. The van der Waals surface area contributed by atoms with Crippen LogP contribution in [0, 0.1) is 5.92 Å². The number of sulfonamides is 1. The van der Waals surface area contributed by atoms with Crippen LogP contribution < -0.4 is 10.5 Å². The Morgan fingerprint density at radius 2 is 2.33 bits per heavy atom. The SMILES string of the molecule is NC1C2CCOC2C1NS(=O)(=O)c1cccnc1. The first-order valence-corrected chi connectivity index (χ1v) is 7.37. The number of pyridine rings is 1. The summed E-state index contributed by atoms with van der Waals surface area (Å²) in [5.74, 6) is 0.284. The van der Waals surface area contributed by atoms with Crippen molar-refractivity contribution in [3.63, 3.8) is 0 Å². The maximum absolute atomic E-state index is 12.1. The molecule has 0 amide bonds. The van der Waals surface area contributed by atoms with Crippen LogP contribution in [0.25, 0.3) is 0 Å². The first-order valence-electron chi connectivity index (χ1n) is 5.89. The summed E-state index contributed by atoms with van der Waals surface area (Å²) in [7, 11) is -3.56. The number of hydrogen-bond acceptors (Lipinski definition) is 5. The molecule has 1 aromatic rings. The lowest BCUT2D eigenvalue weighted by Crippen LogP contribution is -2.68. The smallest absolute Gasteiger partial charge is 0.242 e. The Labute approximate surface area is 106 Å². The van der Waals surface area contributed by atoms with Crippen molar-refractivity contribution < 1.29 is 13.2 Å². The van der Waals surface area contributed by atoms with E-state index >= 15 is 0 Å². The molecular weight excluding hydrogens is 254 g/mol. The topological polar surface area (TPSA) is 94.3 Å². The van der Waals surface area contributed by atoms with E-state index < -0.39 is 10.0 Å². The van der Waals surface area contributed by atoms with Gasteiger partial charge >= 0.3 is 0 Å². The molecule has 0 bridgehead atoms. The molecule has 7 heteroatoms. The molecule has 0 aromatic carbocycles. The van der Waals surface area contributed by atoms with Crippen LogP contribution in [-0.4, -0.2) is 38.2 Å². The van der Waals surface area contributed by atoms with E-state index in [1.54, 1.807) is 6.07 Å². The largest absolute Gasteiger partial charge is 0.376 e. The summed E-state index contributed by atoms with van der Waals surface area (Å²) < 4.78 is 32.3. The second-order valence-corrected chi connectivity index (χ2v) is 6.42. The summed E-state index contributed by atoms with van der Waals surface area (Å²) in [6, 6.07) is 2.60. The molecule has 18 heavy (non-hydrogen) atoms. The van der Waals surface area contributed by atoms with Crippen LogP contribution in [0.5, 0.6) is 0 Å². The van der Waals surface area contributed by atoms with Crippen molar-refractivity contribution in [2.45, 2.75) is 29.5 Å². The van der Waals surface area contributed by atoms with Crippen LogP contribution in [0.4, 0.5) is 0 Å². The van der Waals surface area contributed by atoms with E-state index in [2.05, 4.69) is 9.71 Å². The van der Waals surface area contributed by atoms with Crippen LogP contribution >= 0.6 is 0 Å². The summed E-state index contributed by atoms with van der Waals surface area (Å²) in [4.78, 5) is 3.96. The van der Waals surface area contributed by atoms with Crippen molar-refractivity contribution in [1.82, 2.24) is 9.71 Å². The van der Waals surface area contributed by atoms with Gasteiger partial charge in [-0.2, -0.15) is 0 Å². The van der Waals surface area contributed by atoms with Gasteiger partial charge in [0.1, 0.15) is 4.90 Å². The zero-order valence-electron chi connectivity index (χ0n) is 9.69. The Morgan fingerprint density at radius 1 is 1.50 bits per heavy atom. The molecule has 6 nitrogen and oxygen atoms in total. The van der Waals surface area contributed by atoms with Crippen LogP contribution in [0.15, 0.2) is 29.4 Å². The number of ether oxygens (including phenoxy) is 1. The van der Waals surface area contributed by atoms with Crippen molar-refractivity contribution in [3.8, 4) is 0 Å². The van der Waals surface area contributed by atoms with Gasteiger partial charge in [0.05, 0.1) is 12.1 Å². The second-order valence-electron chi connectivity index (χ2n) is 4.70. The lowest BCUT2D eigenvalue weighted by atomic mass is 9.73. The fraction of sp³-hybridized carbons (Fsp3) is 0.545. The van der Waals surface area contributed by atoms with Gasteiger partial charge in [-0.1, -0.05) is 0 Å². The molecule has 4 atom stereocenters. The number of aromatic nitrogens is 1. The third-order valence-electron chi connectivity index (χ3n) is 3.68. The van der Waals surface area contributed by atoms with Crippen molar-refractivity contribution in [2.75, 3.05) is 6.61 Å². The average molecular weight is 269 g/mol. The second kappa shape index (κ2) is 4.27. The number of nitrogens with zero attached hydrogens (tertiary/aromatic N) is 1. The highest BCUT2D eigenvalue weighted by Crippen LogP contribution is 2.38. The Balaban J connectivity index is 1.77. The summed E-state index contributed by atoms with van der Waals surface area (Å²) in [6.07, 6.45) is 3.69. The first-order chi connectivity index (χ1) is 8.59. The molecule has 4 unspecified atom stereocenters. The van der Waals surface area contributed by atoms with E-state index in [0.29, 0.717) is 6.61 Å². The van der Waals surface area contributed by atoms with Gasteiger partial charge in [-0.25, -0.2) is 13.1 Å². The minimum atomic E-state index is -3.56. The van der Waals surface area contributed by atoms with E-state index in [1.807, 2.05) is 0 Å². The van der Waals surface area contributed by atoms with Crippen molar-refractivity contribution >= 4 is 10.0 Å². The van der Waals surface area contributed by atoms with Gasteiger partial charge in [-0.05, 0) is 18.6 Å².